The Morgan fingerprint density at radius 2 is 1.67 bits per heavy atom. The van der Waals surface area contributed by atoms with Crippen molar-refractivity contribution in [3.63, 3.8) is 0 Å². The van der Waals surface area contributed by atoms with Crippen LogP contribution >= 0.6 is 0 Å². The molecule has 2 aromatic heterocycles. The van der Waals surface area contributed by atoms with E-state index in [0.717, 1.165) is 0 Å². The summed E-state index contributed by atoms with van der Waals surface area (Å²) in [7, 11) is -2.37. The third-order valence-corrected chi connectivity index (χ3v) is 7.30. The molecule has 0 atom stereocenters. The number of benzene rings is 1. The van der Waals surface area contributed by atoms with Crippen molar-refractivity contribution in [2.24, 2.45) is 0 Å². The van der Waals surface area contributed by atoms with Crippen LogP contribution < -0.4 is 4.74 Å². The number of furan rings is 2. The number of methoxy groups -OCH3 is 1. The number of nitrogens with zero attached hydrogens (tertiary/aromatic N) is 2. The molecule has 0 aliphatic carbocycles. The normalized spacial score (nSPS) is 14.8. The molecule has 10 heteroatoms. The van der Waals surface area contributed by atoms with E-state index in [1.807, 2.05) is 0 Å². The smallest absolute Gasteiger partial charge is 0.246 e. The van der Waals surface area contributed by atoms with Crippen LogP contribution in [0.3, 0.4) is 0 Å². The first-order valence-corrected chi connectivity index (χ1v) is 12.0. The molecule has 1 aliphatic heterocycles. The van der Waals surface area contributed by atoms with E-state index in [9.17, 15) is 13.2 Å². The van der Waals surface area contributed by atoms with E-state index in [2.05, 4.69) is 0 Å². The number of hydrogen-bond donors (Lipinski definition) is 0. The summed E-state index contributed by atoms with van der Waals surface area (Å²) >= 11 is 0. The highest BCUT2D eigenvalue weighted by molar-refractivity contribution is 7.89. The van der Waals surface area contributed by atoms with E-state index < -0.39 is 10.0 Å². The van der Waals surface area contributed by atoms with Crippen LogP contribution in [0.2, 0.25) is 0 Å². The highest BCUT2D eigenvalue weighted by Crippen LogP contribution is 2.29. The molecular formula is C23H26N2O7S. The standard InChI is InChI=1S/C23H26N2O7S/c1-29-21-7-6-18(14-22(21)33(27,28)25-8-12-30-13-9-25)15-23(26)24(16-19-4-2-10-31-19)17-20-5-3-11-32-20/h2-7,10-11,14H,8-9,12-13,15-17H2,1H3. The van der Waals surface area contributed by atoms with E-state index in [4.69, 9.17) is 18.3 Å². The SMILES string of the molecule is COc1ccc(CC(=O)N(Cc2ccco2)Cc2ccco2)cc1S(=O)(=O)N1CCOCC1. The number of rotatable bonds is 9. The minimum absolute atomic E-state index is 0.0110. The van der Waals surface area contributed by atoms with Gasteiger partial charge in [-0.15, -0.1) is 0 Å². The molecule has 1 saturated heterocycles. The maximum absolute atomic E-state index is 13.2. The van der Waals surface area contributed by atoms with E-state index in [-0.39, 0.29) is 49.2 Å². The van der Waals surface area contributed by atoms with Gasteiger partial charge in [-0.2, -0.15) is 4.31 Å². The predicted octanol–water partition coefficient (Wildman–Crippen LogP) is 2.67. The van der Waals surface area contributed by atoms with Crippen molar-refractivity contribution in [1.29, 1.82) is 0 Å². The zero-order chi connectivity index (χ0) is 23.3. The van der Waals surface area contributed by atoms with Gasteiger partial charge in [-0.1, -0.05) is 6.07 Å². The molecule has 3 heterocycles. The first-order valence-electron chi connectivity index (χ1n) is 10.5. The van der Waals surface area contributed by atoms with Crippen LogP contribution in [0.4, 0.5) is 0 Å². The Bertz CT molecular complexity index is 1120. The van der Waals surface area contributed by atoms with Gasteiger partial charge in [0.1, 0.15) is 22.2 Å². The van der Waals surface area contributed by atoms with E-state index in [1.54, 1.807) is 53.8 Å². The minimum Gasteiger partial charge on any atom is -0.495 e. The third kappa shape index (κ3) is 5.47. The van der Waals surface area contributed by atoms with Crippen LogP contribution in [0.25, 0.3) is 0 Å². The molecule has 1 aromatic carbocycles. The predicted molar refractivity (Wildman–Crippen MR) is 118 cm³/mol. The van der Waals surface area contributed by atoms with Crippen LogP contribution in [-0.2, 0) is 39.1 Å². The van der Waals surface area contributed by atoms with E-state index >= 15 is 0 Å². The maximum atomic E-state index is 13.2. The molecule has 0 bridgehead atoms. The summed E-state index contributed by atoms with van der Waals surface area (Å²) in [6, 6.07) is 11.9. The quantitative estimate of drug-likeness (QED) is 0.470. The second-order valence-corrected chi connectivity index (χ2v) is 9.49. The Kier molecular flexibility index (Phi) is 7.17. The number of amides is 1. The van der Waals surface area contributed by atoms with Crippen molar-refractivity contribution in [2.45, 2.75) is 24.4 Å². The molecule has 3 aromatic rings. The van der Waals surface area contributed by atoms with Crippen molar-refractivity contribution in [3.05, 3.63) is 72.1 Å². The van der Waals surface area contributed by atoms with Gasteiger partial charge in [0.2, 0.25) is 15.9 Å². The lowest BCUT2D eigenvalue weighted by atomic mass is 10.1. The second kappa shape index (κ2) is 10.2. The number of hydrogen-bond acceptors (Lipinski definition) is 7. The van der Waals surface area contributed by atoms with Gasteiger partial charge in [0.25, 0.3) is 0 Å². The van der Waals surface area contributed by atoms with Gasteiger partial charge in [-0.3, -0.25) is 4.79 Å². The highest BCUT2D eigenvalue weighted by Gasteiger charge is 2.30. The van der Waals surface area contributed by atoms with Crippen LogP contribution in [0.1, 0.15) is 17.1 Å². The fourth-order valence-electron chi connectivity index (χ4n) is 3.66. The molecule has 0 radical (unpaired) electrons. The fourth-order valence-corrected chi connectivity index (χ4v) is 5.27. The number of ether oxygens (including phenoxy) is 2. The molecule has 0 spiro atoms. The maximum Gasteiger partial charge on any atom is 0.246 e. The van der Waals surface area contributed by atoms with Gasteiger partial charge in [0, 0.05) is 13.1 Å². The van der Waals surface area contributed by atoms with Crippen molar-refractivity contribution in [3.8, 4) is 5.75 Å². The van der Waals surface area contributed by atoms with E-state index in [0.29, 0.717) is 30.3 Å². The lowest BCUT2D eigenvalue weighted by molar-refractivity contribution is -0.132. The number of carbonyl (C=O) groups excluding carboxylic acids is 1. The molecule has 4 rings (SSSR count). The van der Waals surface area contributed by atoms with Gasteiger partial charge >= 0.3 is 0 Å². The second-order valence-electron chi connectivity index (χ2n) is 7.59. The van der Waals surface area contributed by atoms with Crippen molar-refractivity contribution in [1.82, 2.24) is 9.21 Å². The van der Waals surface area contributed by atoms with E-state index in [1.165, 1.54) is 17.5 Å². The van der Waals surface area contributed by atoms with Gasteiger partial charge < -0.3 is 23.2 Å². The molecule has 1 fully saturated rings. The minimum atomic E-state index is -3.79. The largest absolute Gasteiger partial charge is 0.495 e. The Labute approximate surface area is 192 Å². The van der Waals surface area contributed by atoms with Crippen LogP contribution in [0, 0.1) is 0 Å². The summed E-state index contributed by atoms with van der Waals surface area (Å²) in [6.45, 7) is 1.76. The summed E-state index contributed by atoms with van der Waals surface area (Å²) in [5.41, 5.74) is 0.566. The molecule has 0 unspecified atom stereocenters. The van der Waals surface area contributed by atoms with Crippen molar-refractivity contribution in [2.75, 3.05) is 33.4 Å². The number of sulfonamides is 1. The van der Waals surface area contributed by atoms with Crippen LogP contribution in [0.15, 0.2) is 68.7 Å². The average molecular weight is 475 g/mol. The summed E-state index contributed by atoms with van der Waals surface area (Å²) in [5.74, 6) is 1.32. The van der Waals surface area contributed by atoms with Crippen LogP contribution in [0.5, 0.6) is 5.75 Å². The topological polar surface area (TPSA) is 102 Å². The molecule has 1 amide bonds. The first-order chi connectivity index (χ1) is 16.0. The Morgan fingerprint density at radius 3 is 2.21 bits per heavy atom. The fraction of sp³-hybridized carbons (Fsp3) is 0.348. The Hall–Kier alpha value is -3.08. The zero-order valence-electron chi connectivity index (χ0n) is 18.3. The highest BCUT2D eigenvalue weighted by atomic mass is 32.2. The summed E-state index contributed by atoms with van der Waals surface area (Å²) < 4.78 is 49.2. The first kappa shape index (κ1) is 23.1. The van der Waals surface area contributed by atoms with Crippen LogP contribution in [-0.4, -0.2) is 56.9 Å². The summed E-state index contributed by atoms with van der Waals surface area (Å²) in [5, 5.41) is 0. The lowest BCUT2D eigenvalue weighted by Gasteiger charge is -2.27. The Balaban J connectivity index is 1.57. The summed E-state index contributed by atoms with van der Waals surface area (Å²) in [6.07, 6.45) is 3.12. The third-order valence-electron chi connectivity index (χ3n) is 5.38. The van der Waals surface area contributed by atoms with Gasteiger partial charge in [0.05, 0.1) is 52.4 Å². The molecule has 9 nitrogen and oxygen atoms in total. The zero-order valence-corrected chi connectivity index (χ0v) is 19.1. The molecule has 176 valence electrons. The Morgan fingerprint density at radius 1 is 1.03 bits per heavy atom. The molecule has 33 heavy (non-hydrogen) atoms. The molecule has 0 saturated carbocycles. The molecular weight excluding hydrogens is 448 g/mol. The monoisotopic (exact) mass is 474 g/mol. The van der Waals surface area contributed by atoms with Gasteiger partial charge in [-0.25, -0.2) is 8.42 Å². The van der Waals surface area contributed by atoms with Gasteiger partial charge in [-0.05, 0) is 42.0 Å². The van der Waals surface area contributed by atoms with Crippen molar-refractivity contribution >= 4 is 15.9 Å². The van der Waals surface area contributed by atoms with Crippen molar-refractivity contribution < 1.29 is 31.5 Å². The number of carbonyl (C=O) groups is 1. The average Bonchev–Trinajstić information content (AvgIpc) is 3.54. The number of morpholine rings is 1. The molecule has 0 N–H and O–H groups in total. The van der Waals surface area contributed by atoms with Gasteiger partial charge in [0.15, 0.2) is 0 Å². The summed E-state index contributed by atoms with van der Waals surface area (Å²) in [4.78, 5) is 14.9. The molecule has 1 aliphatic rings. The lowest BCUT2D eigenvalue weighted by Crippen LogP contribution is -2.40.